The Morgan fingerprint density at radius 3 is 2.56 bits per heavy atom. The van der Waals surface area contributed by atoms with Crippen molar-refractivity contribution in [2.45, 2.75) is 31.0 Å². The smallest absolute Gasteiger partial charge is 0.162 e. The molecule has 0 radical (unpaired) electrons. The standard InChI is InChI=1S/C22H27N3O2/c1-25-13-11-22(12-14-25)23-18(16-7-4-3-5-8-16)15-19(24-22)17-9-6-10-20(27-2)21(17)26/h3-10,19,24,26H,11-15H2,1-2H3/t19-/m0/s1. The fraction of sp³-hybridized carbons (Fsp3) is 0.409. The molecule has 2 N–H and O–H groups in total. The highest BCUT2D eigenvalue weighted by Gasteiger charge is 2.40. The summed E-state index contributed by atoms with van der Waals surface area (Å²) in [6.45, 7) is 2.02. The van der Waals surface area contributed by atoms with E-state index in [1.165, 1.54) is 0 Å². The molecule has 5 nitrogen and oxygen atoms in total. The topological polar surface area (TPSA) is 57.1 Å². The molecule has 27 heavy (non-hydrogen) atoms. The predicted molar refractivity (Wildman–Crippen MR) is 108 cm³/mol. The van der Waals surface area contributed by atoms with E-state index in [0.29, 0.717) is 5.75 Å². The molecular formula is C22H27N3O2. The number of phenols is 1. The molecule has 0 aromatic heterocycles. The van der Waals surface area contributed by atoms with Crippen LogP contribution >= 0.6 is 0 Å². The van der Waals surface area contributed by atoms with Crippen LogP contribution in [0.25, 0.3) is 0 Å². The molecule has 1 atom stereocenters. The second-order valence-corrected chi connectivity index (χ2v) is 7.56. The van der Waals surface area contributed by atoms with Crippen LogP contribution in [0, 0.1) is 0 Å². The predicted octanol–water partition coefficient (Wildman–Crippen LogP) is 3.35. The van der Waals surface area contributed by atoms with Crippen molar-refractivity contribution in [3.63, 3.8) is 0 Å². The van der Waals surface area contributed by atoms with Crippen molar-refractivity contribution in [3.05, 3.63) is 59.7 Å². The van der Waals surface area contributed by atoms with Crippen LogP contribution in [-0.4, -0.2) is 48.6 Å². The second-order valence-electron chi connectivity index (χ2n) is 7.56. The van der Waals surface area contributed by atoms with Gasteiger partial charge in [-0.1, -0.05) is 42.5 Å². The monoisotopic (exact) mass is 365 g/mol. The Kier molecular flexibility index (Phi) is 4.89. The highest BCUT2D eigenvalue weighted by molar-refractivity contribution is 6.01. The average molecular weight is 365 g/mol. The molecule has 0 unspecified atom stereocenters. The lowest BCUT2D eigenvalue weighted by Crippen LogP contribution is -2.55. The second kappa shape index (κ2) is 7.33. The van der Waals surface area contributed by atoms with Gasteiger partial charge in [-0.15, -0.1) is 0 Å². The molecule has 0 aliphatic carbocycles. The van der Waals surface area contributed by atoms with Gasteiger partial charge in [-0.05, 0) is 31.5 Å². The molecule has 1 spiro atoms. The van der Waals surface area contributed by atoms with Crippen LogP contribution < -0.4 is 10.1 Å². The van der Waals surface area contributed by atoms with E-state index < -0.39 is 0 Å². The van der Waals surface area contributed by atoms with Crippen molar-refractivity contribution in [1.82, 2.24) is 10.2 Å². The molecule has 5 heteroatoms. The first kappa shape index (κ1) is 18.0. The van der Waals surface area contributed by atoms with Crippen molar-refractivity contribution >= 4 is 5.71 Å². The Hall–Kier alpha value is -2.37. The number of rotatable bonds is 3. The number of hydrogen-bond donors (Lipinski definition) is 2. The highest BCUT2D eigenvalue weighted by Crippen LogP contribution is 2.40. The molecule has 2 aliphatic heterocycles. The summed E-state index contributed by atoms with van der Waals surface area (Å²) < 4.78 is 5.32. The number of aliphatic imine (C=N–C) groups is 1. The molecule has 2 aliphatic rings. The number of hydrogen-bond acceptors (Lipinski definition) is 5. The largest absolute Gasteiger partial charge is 0.504 e. The summed E-state index contributed by atoms with van der Waals surface area (Å²) in [7, 11) is 3.74. The number of nitrogens with zero attached hydrogens (tertiary/aromatic N) is 2. The number of nitrogens with one attached hydrogen (secondary N) is 1. The van der Waals surface area contributed by atoms with Crippen molar-refractivity contribution in [2.24, 2.45) is 4.99 Å². The number of ether oxygens (including phenoxy) is 1. The van der Waals surface area contributed by atoms with Crippen molar-refractivity contribution in [1.29, 1.82) is 0 Å². The third-order valence-electron chi connectivity index (χ3n) is 5.74. The lowest BCUT2D eigenvalue weighted by molar-refractivity contribution is 0.144. The van der Waals surface area contributed by atoms with E-state index in [0.717, 1.165) is 49.2 Å². The van der Waals surface area contributed by atoms with Crippen LogP contribution in [0.1, 0.15) is 36.4 Å². The molecule has 1 saturated heterocycles. The number of methoxy groups -OCH3 is 1. The Morgan fingerprint density at radius 1 is 1.11 bits per heavy atom. The zero-order chi connectivity index (χ0) is 18.9. The van der Waals surface area contributed by atoms with E-state index in [2.05, 4.69) is 41.5 Å². The first-order chi connectivity index (χ1) is 13.1. The van der Waals surface area contributed by atoms with Crippen LogP contribution in [0.15, 0.2) is 53.5 Å². The summed E-state index contributed by atoms with van der Waals surface area (Å²) in [4.78, 5) is 7.54. The Morgan fingerprint density at radius 2 is 1.85 bits per heavy atom. The highest BCUT2D eigenvalue weighted by atomic mass is 16.5. The first-order valence-electron chi connectivity index (χ1n) is 9.56. The van der Waals surface area contributed by atoms with Gasteiger partial charge in [0.1, 0.15) is 5.66 Å². The van der Waals surface area contributed by atoms with E-state index in [4.69, 9.17) is 9.73 Å². The molecule has 1 fully saturated rings. The maximum Gasteiger partial charge on any atom is 0.162 e. The molecule has 0 saturated carbocycles. The van der Waals surface area contributed by atoms with E-state index >= 15 is 0 Å². The summed E-state index contributed by atoms with van der Waals surface area (Å²) in [6.07, 6.45) is 2.66. The van der Waals surface area contributed by atoms with Crippen molar-refractivity contribution < 1.29 is 9.84 Å². The number of aromatic hydroxyl groups is 1. The Labute approximate surface area is 160 Å². The van der Waals surface area contributed by atoms with Gasteiger partial charge in [-0.3, -0.25) is 10.3 Å². The lowest BCUT2D eigenvalue weighted by atomic mass is 9.87. The van der Waals surface area contributed by atoms with Gasteiger partial charge in [0.05, 0.1) is 7.11 Å². The molecule has 2 aromatic carbocycles. The fourth-order valence-corrected chi connectivity index (χ4v) is 4.14. The number of para-hydroxylation sites is 1. The molecule has 0 bridgehead atoms. The Balaban J connectivity index is 1.74. The van der Waals surface area contributed by atoms with Gasteiger partial charge in [0.2, 0.25) is 0 Å². The van der Waals surface area contributed by atoms with Crippen LogP contribution in [0.3, 0.4) is 0 Å². The van der Waals surface area contributed by atoms with Crippen LogP contribution in [0.5, 0.6) is 11.5 Å². The first-order valence-corrected chi connectivity index (χ1v) is 9.56. The quantitative estimate of drug-likeness (QED) is 0.876. The third-order valence-corrected chi connectivity index (χ3v) is 5.74. The number of phenolic OH excluding ortho intramolecular Hbond substituents is 1. The average Bonchev–Trinajstić information content (AvgIpc) is 2.71. The molecule has 2 heterocycles. The summed E-state index contributed by atoms with van der Waals surface area (Å²) in [5.74, 6) is 0.727. The normalized spacial score (nSPS) is 22.4. The molecule has 0 amide bonds. The van der Waals surface area contributed by atoms with E-state index in [1.54, 1.807) is 13.2 Å². The summed E-state index contributed by atoms with van der Waals surface area (Å²) in [5.41, 5.74) is 2.85. The van der Waals surface area contributed by atoms with Gasteiger partial charge in [-0.2, -0.15) is 0 Å². The summed E-state index contributed by atoms with van der Waals surface area (Å²) in [5, 5.41) is 14.5. The number of likely N-dealkylation sites (tertiary alicyclic amines) is 1. The molecule has 2 aromatic rings. The minimum Gasteiger partial charge on any atom is -0.504 e. The zero-order valence-electron chi connectivity index (χ0n) is 16.0. The molecule has 4 rings (SSSR count). The van der Waals surface area contributed by atoms with Gasteiger partial charge in [0, 0.05) is 36.8 Å². The molecule has 142 valence electrons. The van der Waals surface area contributed by atoms with Gasteiger partial charge in [0.15, 0.2) is 11.5 Å². The van der Waals surface area contributed by atoms with E-state index in [-0.39, 0.29) is 17.5 Å². The fourth-order valence-electron chi connectivity index (χ4n) is 4.14. The van der Waals surface area contributed by atoms with Gasteiger partial charge >= 0.3 is 0 Å². The maximum atomic E-state index is 10.7. The van der Waals surface area contributed by atoms with Crippen LogP contribution in [0.4, 0.5) is 0 Å². The van der Waals surface area contributed by atoms with E-state index in [9.17, 15) is 5.11 Å². The van der Waals surface area contributed by atoms with E-state index in [1.807, 2.05) is 18.2 Å². The van der Waals surface area contributed by atoms with Crippen LogP contribution in [-0.2, 0) is 0 Å². The van der Waals surface area contributed by atoms with Crippen molar-refractivity contribution in [3.8, 4) is 11.5 Å². The Bertz CT molecular complexity index is 827. The zero-order valence-corrected chi connectivity index (χ0v) is 16.0. The summed E-state index contributed by atoms with van der Waals surface area (Å²) in [6, 6.07) is 16.1. The maximum absolute atomic E-state index is 10.7. The lowest BCUT2D eigenvalue weighted by Gasteiger charge is -2.44. The SMILES string of the molecule is COc1cccc([C@@H]2CC(c3ccccc3)=NC3(CCN(C)CC3)N2)c1O. The third kappa shape index (κ3) is 3.57. The number of piperidine rings is 1. The van der Waals surface area contributed by atoms with Gasteiger partial charge in [-0.25, -0.2) is 0 Å². The van der Waals surface area contributed by atoms with Crippen LogP contribution in [0.2, 0.25) is 0 Å². The molecular weight excluding hydrogens is 338 g/mol. The number of benzene rings is 2. The van der Waals surface area contributed by atoms with Gasteiger partial charge < -0.3 is 14.7 Å². The minimum absolute atomic E-state index is 0.00351. The van der Waals surface area contributed by atoms with Gasteiger partial charge in [0.25, 0.3) is 0 Å². The minimum atomic E-state index is -0.282. The summed E-state index contributed by atoms with van der Waals surface area (Å²) >= 11 is 0. The van der Waals surface area contributed by atoms with Crippen molar-refractivity contribution in [2.75, 3.05) is 27.2 Å².